The van der Waals surface area contributed by atoms with E-state index < -0.39 is 4.92 Å². The summed E-state index contributed by atoms with van der Waals surface area (Å²) in [5.74, 6) is -0.147. The predicted molar refractivity (Wildman–Crippen MR) is 68.9 cm³/mol. The van der Waals surface area contributed by atoms with Crippen LogP contribution in [0, 0.1) is 21.4 Å². The molecule has 0 saturated heterocycles. The van der Waals surface area contributed by atoms with Gasteiger partial charge < -0.3 is 9.25 Å². The summed E-state index contributed by atoms with van der Waals surface area (Å²) in [6, 6.07) is 11.7. The highest BCUT2D eigenvalue weighted by atomic mass is 16.6. The van der Waals surface area contributed by atoms with Gasteiger partial charge >= 0.3 is 5.88 Å². The van der Waals surface area contributed by atoms with E-state index in [1.54, 1.807) is 24.3 Å². The maximum absolute atomic E-state index is 10.4. The molecule has 1 aromatic heterocycles. The summed E-state index contributed by atoms with van der Waals surface area (Å²) in [4.78, 5) is 14.8. The Labute approximate surface area is 113 Å². The number of nitro groups is 1. The molecular weight excluding hydrogens is 262 g/mol. The first kappa shape index (κ1) is 13.3. The molecule has 0 aliphatic heterocycles. The maximum atomic E-state index is 10.4. The van der Waals surface area contributed by atoms with Crippen molar-refractivity contribution < 1.29 is 14.2 Å². The standard InChI is InChI=1S/C13H9N3O4/c14-7-10-3-1-2-4-11(10)9-19-15-8-12-5-6-13(20-12)16(17)18/h1-6,8H,9H2/b15-8-. The number of nitrogens with zero attached hydrogens (tertiary/aromatic N) is 3. The molecule has 20 heavy (non-hydrogen) atoms. The fourth-order valence-corrected chi connectivity index (χ4v) is 1.46. The highest BCUT2D eigenvalue weighted by molar-refractivity contribution is 5.75. The van der Waals surface area contributed by atoms with Gasteiger partial charge in [-0.25, -0.2) is 0 Å². The zero-order chi connectivity index (χ0) is 14.4. The van der Waals surface area contributed by atoms with Gasteiger partial charge in [-0.15, -0.1) is 0 Å². The summed E-state index contributed by atoms with van der Waals surface area (Å²) in [7, 11) is 0. The van der Waals surface area contributed by atoms with Crippen molar-refractivity contribution in [3.05, 3.63) is 63.4 Å². The predicted octanol–water partition coefficient (Wildman–Crippen LogP) is 2.61. The third-order valence-electron chi connectivity index (χ3n) is 2.40. The highest BCUT2D eigenvalue weighted by Crippen LogP contribution is 2.14. The molecule has 1 heterocycles. The monoisotopic (exact) mass is 271 g/mol. The van der Waals surface area contributed by atoms with Crippen molar-refractivity contribution in [2.75, 3.05) is 0 Å². The van der Waals surface area contributed by atoms with Crippen LogP contribution in [-0.4, -0.2) is 11.1 Å². The van der Waals surface area contributed by atoms with E-state index >= 15 is 0 Å². The Morgan fingerprint density at radius 2 is 2.20 bits per heavy atom. The van der Waals surface area contributed by atoms with E-state index in [2.05, 4.69) is 5.16 Å². The van der Waals surface area contributed by atoms with Gasteiger partial charge in [0.2, 0.25) is 0 Å². The Bertz CT molecular complexity index is 685. The quantitative estimate of drug-likeness (QED) is 0.472. The molecule has 7 heteroatoms. The van der Waals surface area contributed by atoms with Gasteiger partial charge in [-0.3, -0.25) is 10.1 Å². The van der Waals surface area contributed by atoms with Crippen molar-refractivity contribution in [3.63, 3.8) is 0 Å². The number of rotatable bonds is 5. The van der Waals surface area contributed by atoms with Crippen molar-refractivity contribution in [1.82, 2.24) is 0 Å². The molecule has 0 aliphatic carbocycles. The van der Waals surface area contributed by atoms with Crippen molar-refractivity contribution in [2.24, 2.45) is 5.16 Å². The summed E-state index contributed by atoms with van der Waals surface area (Å²) in [6.07, 6.45) is 1.22. The number of benzene rings is 1. The van der Waals surface area contributed by atoms with Crippen molar-refractivity contribution in [1.29, 1.82) is 5.26 Å². The van der Waals surface area contributed by atoms with Gasteiger partial charge in [-0.05, 0) is 12.1 Å². The van der Waals surface area contributed by atoms with Crippen LogP contribution >= 0.6 is 0 Å². The second kappa shape index (κ2) is 6.15. The lowest BCUT2D eigenvalue weighted by Gasteiger charge is -2.00. The fourth-order valence-electron chi connectivity index (χ4n) is 1.46. The smallest absolute Gasteiger partial charge is 0.400 e. The summed E-state index contributed by atoms with van der Waals surface area (Å²) >= 11 is 0. The number of hydrogen-bond acceptors (Lipinski definition) is 6. The third kappa shape index (κ3) is 3.20. The Morgan fingerprint density at radius 3 is 2.90 bits per heavy atom. The van der Waals surface area contributed by atoms with E-state index in [4.69, 9.17) is 14.5 Å². The SMILES string of the molecule is N#Cc1ccccc1CO/N=C\c1ccc([N+](=O)[O-])o1. The zero-order valence-electron chi connectivity index (χ0n) is 10.2. The lowest BCUT2D eigenvalue weighted by atomic mass is 10.1. The summed E-state index contributed by atoms with van der Waals surface area (Å²) in [5, 5.41) is 22.9. The van der Waals surface area contributed by atoms with Crippen LogP contribution < -0.4 is 0 Å². The van der Waals surface area contributed by atoms with Crippen molar-refractivity contribution in [3.8, 4) is 6.07 Å². The van der Waals surface area contributed by atoms with E-state index in [1.807, 2.05) is 6.07 Å². The second-order valence-corrected chi connectivity index (χ2v) is 3.71. The molecule has 0 amide bonds. The molecular formula is C13H9N3O4. The Morgan fingerprint density at radius 1 is 1.40 bits per heavy atom. The molecule has 1 aromatic carbocycles. The minimum absolute atomic E-state index is 0.128. The average molecular weight is 271 g/mol. The van der Waals surface area contributed by atoms with Crippen LogP contribution in [0.1, 0.15) is 16.9 Å². The lowest BCUT2D eigenvalue weighted by Crippen LogP contribution is -1.91. The molecule has 0 spiro atoms. The number of hydrogen-bond donors (Lipinski definition) is 0. The van der Waals surface area contributed by atoms with E-state index in [0.29, 0.717) is 11.1 Å². The van der Waals surface area contributed by atoms with E-state index in [9.17, 15) is 10.1 Å². The molecule has 7 nitrogen and oxygen atoms in total. The van der Waals surface area contributed by atoms with Crippen LogP contribution in [0.2, 0.25) is 0 Å². The Balaban J connectivity index is 1.93. The second-order valence-electron chi connectivity index (χ2n) is 3.71. The molecule has 2 rings (SSSR count). The Kier molecular flexibility index (Phi) is 4.09. The molecule has 0 N–H and O–H groups in total. The van der Waals surface area contributed by atoms with Crippen molar-refractivity contribution in [2.45, 2.75) is 6.61 Å². The first-order chi connectivity index (χ1) is 9.70. The molecule has 0 aliphatic rings. The zero-order valence-corrected chi connectivity index (χ0v) is 10.2. The number of nitriles is 1. The molecule has 0 fully saturated rings. The molecule has 0 atom stereocenters. The average Bonchev–Trinajstić information content (AvgIpc) is 2.93. The van der Waals surface area contributed by atoms with Crippen molar-refractivity contribution >= 4 is 12.1 Å². The summed E-state index contributed by atoms with van der Waals surface area (Å²) in [5.41, 5.74) is 1.22. The first-order valence-electron chi connectivity index (χ1n) is 5.58. The maximum Gasteiger partial charge on any atom is 0.433 e. The molecule has 0 bridgehead atoms. The topological polar surface area (TPSA) is 102 Å². The first-order valence-corrected chi connectivity index (χ1v) is 5.58. The molecule has 0 saturated carbocycles. The van der Waals surface area contributed by atoms with Gasteiger partial charge in [0, 0.05) is 5.56 Å². The van der Waals surface area contributed by atoms with Gasteiger partial charge in [0.05, 0.1) is 17.7 Å². The van der Waals surface area contributed by atoms with Gasteiger partial charge in [0.1, 0.15) is 17.7 Å². The van der Waals surface area contributed by atoms with Crippen LogP contribution in [0.5, 0.6) is 0 Å². The van der Waals surface area contributed by atoms with E-state index in [0.717, 1.165) is 0 Å². The number of oxime groups is 1. The van der Waals surface area contributed by atoms with Crippen LogP contribution in [-0.2, 0) is 11.4 Å². The van der Waals surface area contributed by atoms with Gasteiger partial charge in [-0.1, -0.05) is 23.4 Å². The molecule has 2 aromatic rings. The minimum Gasteiger partial charge on any atom is -0.400 e. The van der Waals surface area contributed by atoms with E-state index in [1.165, 1.54) is 18.3 Å². The summed E-state index contributed by atoms with van der Waals surface area (Å²) in [6.45, 7) is 0.128. The molecule has 100 valence electrons. The number of furan rings is 1. The van der Waals surface area contributed by atoms with Crippen LogP contribution in [0.25, 0.3) is 0 Å². The van der Waals surface area contributed by atoms with Gasteiger partial charge in [0.25, 0.3) is 0 Å². The van der Waals surface area contributed by atoms with Gasteiger partial charge in [0.15, 0.2) is 5.76 Å². The third-order valence-corrected chi connectivity index (χ3v) is 2.40. The Hall–Kier alpha value is -3.14. The van der Waals surface area contributed by atoms with Crippen LogP contribution in [0.4, 0.5) is 5.88 Å². The highest BCUT2D eigenvalue weighted by Gasteiger charge is 2.10. The molecule has 0 unspecified atom stereocenters. The summed E-state index contributed by atoms with van der Waals surface area (Å²) < 4.78 is 4.86. The fraction of sp³-hybridized carbons (Fsp3) is 0.0769. The van der Waals surface area contributed by atoms with E-state index in [-0.39, 0.29) is 18.3 Å². The largest absolute Gasteiger partial charge is 0.433 e. The minimum atomic E-state index is -0.638. The van der Waals surface area contributed by atoms with Crippen LogP contribution in [0.3, 0.4) is 0 Å². The van der Waals surface area contributed by atoms with Gasteiger partial charge in [-0.2, -0.15) is 5.26 Å². The molecule has 0 radical (unpaired) electrons. The lowest BCUT2D eigenvalue weighted by molar-refractivity contribution is -0.402. The van der Waals surface area contributed by atoms with Crippen LogP contribution in [0.15, 0.2) is 46.0 Å². The normalized spacial score (nSPS) is 10.3.